The number of benzene rings is 1. The minimum absolute atomic E-state index is 0.140. The van der Waals surface area contributed by atoms with Gasteiger partial charge in [0.25, 0.3) is 0 Å². The molecule has 0 saturated heterocycles. The standard InChI is InChI=1S/C17H22BrFO/c1-2-3-12-4-6-13(7-5-12)17(20)11-14-10-15(18)8-9-16(14)19/h8-10,12-13H,2-7,11H2,1H3. The van der Waals surface area contributed by atoms with Gasteiger partial charge in [-0.2, -0.15) is 0 Å². The van der Waals surface area contributed by atoms with Gasteiger partial charge >= 0.3 is 0 Å². The molecule has 0 spiro atoms. The van der Waals surface area contributed by atoms with Crippen molar-refractivity contribution >= 4 is 21.7 Å². The smallest absolute Gasteiger partial charge is 0.140 e. The second-order valence-corrected chi connectivity index (χ2v) is 6.80. The lowest BCUT2D eigenvalue weighted by molar-refractivity contribution is -0.123. The van der Waals surface area contributed by atoms with Gasteiger partial charge in [0.05, 0.1) is 0 Å². The average molecular weight is 341 g/mol. The third-order valence-corrected chi connectivity index (χ3v) is 4.86. The van der Waals surface area contributed by atoms with E-state index in [1.807, 2.05) is 0 Å². The zero-order valence-electron chi connectivity index (χ0n) is 12.0. The Morgan fingerprint density at radius 1 is 1.30 bits per heavy atom. The van der Waals surface area contributed by atoms with E-state index in [0.717, 1.165) is 36.1 Å². The predicted octanol–water partition coefficient (Wildman–Crippen LogP) is 5.31. The van der Waals surface area contributed by atoms with Crippen molar-refractivity contribution in [2.75, 3.05) is 0 Å². The molecule has 1 aliphatic carbocycles. The second kappa shape index (κ2) is 7.35. The van der Waals surface area contributed by atoms with Gasteiger partial charge < -0.3 is 0 Å². The Hall–Kier alpha value is -0.700. The summed E-state index contributed by atoms with van der Waals surface area (Å²) in [7, 11) is 0. The lowest BCUT2D eigenvalue weighted by atomic mass is 9.77. The van der Waals surface area contributed by atoms with Crippen molar-refractivity contribution in [1.29, 1.82) is 0 Å². The normalized spacial score (nSPS) is 22.8. The van der Waals surface area contributed by atoms with Crippen LogP contribution in [0.25, 0.3) is 0 Å². The van der Waals surface area contributed by atoms with E-state index in [1.54, 1.807) is 12.1 Å². The summed E-state index contributed by atoms with van der Waals surface area (Å²) in [6.45, 7) is 2.22. The monoisotopic (exact) mass is 340 g/mol. The summed E-state index contributed by atoms with van der Waals surface area (Å²) in [6, 6.07) is 4.81. The molecule has 0 atom stereocenters. The van der Waals surface area contributed by atoms with Crippen molar-refractivity contribution < 1.29 is 9.18 Å². The molecule has 0 aliphatic heterocycles. The average Bonchev–Trinajstić information content (AvgIpc) is 2.44. The molecule has 1 nitrogen and oxygen atoms in total. The molecule has 3 heteroatoms. The van der Waals surface area contributed by atoms with Gasteiger partial charge in [-0.15, -0.1) is 0 Å². The zero-order chi connectivity index (χ0) is 14.5. The van der Waals surface area contributed by atoms with Crippen LogP contribution in [0.1, 0.15) is 51.0 Å². The number of ketones is 1. The quantitative estimate of drug-likeness (QED) is 0.710. The maximum absolute atomic E-state index is 13.7. The molecule has 0 heterocycles. The first-order valence-electron chi connectivity index (χ1n) is 7.56. The van der Waals surface area contributed by atoms with Gasteiger partial charge in [-0.25, -0.2) is 4.39 Å². The van der Waals surface area contributed by atoms with E-state index in [9.17, 15) is 9.18 Å². The predicted molar refractivity (Wildman–Crippen MR) is 83.2 cm³/mol. The third-order valence-electron chi connectivity index (χ3n) is 4.37. The fourth-order valence-electron chi connectivity index (χ4n) is 3.19. The molecular weight excluding hydrogens is 319 g/mol. The van der Waals surface area contributed by atoms with Crippen LogP contribution in [0.4, 0.5) is 4.39 Å². The number of hydrogen-bond donors (Lipinski definition) is 0. The van der Waals surface area contributed by atoms with Crippen molar-refractivity contribution in [3.63, 3.8) is 0 Å². The lowest BCUT2D eigenvalue weighted by Gasteiger charge is -2.27. The highest BCUT2D eigenvalue weighted by atomic mass is 79.9. The van der Waals surface area contributed by atoms with E-state index in [0.29, 0.717) is 5.56 Å². The molecule has 0 bridgehead atoms. The second-order valence-electron chi connectivity index (χ2n) is 5.89. The van der Waals surface area contributed by atoms with Gasteiger partial charge in [0.1, 0.15) is 11.6 Å². The molecule has 1 saturated carbocycles. The van der Waals surface area contributed by atoms with Crippen molar-refractivity contribution in [2.45, 2.75) is 51.9 Å². The molecule has 0 radical (unpaired) electrons. The molecule has 0 aromatic heterocycles. The molecule has 1 aromatic carbocycles. The topological polar surface area (TPSA) is 17.1 Å². The Morgan fingerprint density at radius 3 is 2.65 bits per heavy atom. The summed E-state index contributed by atoms with van der Waals surface area (Å²) in [4.78, 5) is 12.3. The van der Waals surface area contributed by atoms with Crippen LogP contribution in [-0.2, 0) is 11.2 Å². The highest BCUT2D eigenvalue weighted by Crippen LogP contribution is 2.32. The van der Waals surface area contributed by atoms with Gasteiger partial charge in [0, 0.05) is 16.8 Å². The Labute approximate surface area is 129 Å². The van der Waals surface area contributed by atoms with Crippen LogP contribution in [0.15, 0.2) is 22.7 Å². The number of carbonyl (C=O) groups is 1. The van der Waals surface area contributed by atoms with Crippen LogP contribution in [0.3, 0.4) is 0 Å². The number of halogens is 2. The lowest BCUT2D eigenvalue weighted by Crippen LogP contribution is -2.23. The molecule has 1 aromatic rings. The Balaban J connectivity index is 1.91. The van der Waals surface area contributed by atoms with Crippen LogP contribution in [0, 0.1) is 17.7 Å². The van der Waals surface area contributed by atoms with Crippen LogP contribution in [0.5, 0.6) is 0 Å². The maximum atomic E-state index is 13.7. The molecule has 0 N–H and O–H groups in total. The SMILES string of the molecule is CCCC1CCC(C(=O)Cc2cc(Br)ccc2F)CC1. The van der Waals surface area contributed by atoms with Crippen LogP contribution < -0.4 is 0 Å². The molecule has 0 unspecified atom stereocenters. The third kappa shape index (κ3) is 4.15. The minimum Gasteiger partial charge on any atom is -0.299 e. The summed E-state index contributed by atoms with van der Waals surface area (Å²) < 4.78 is 14.5. The molecule has 2 rings (SSSR count). The molecule has 110 valence electrons. The number of rotatable bonds is 5. The molecule has 1 aliphatic rings. The van der Waals surface area contributed by atoms with E-state index >= 15 is 0 Å². The highest BCUT2D eigenvalue weighted by molar-refractivity contribution is 9.10. The van der Waals surface area contributed by atoms with Gasteiger partial charge in [-0.3, -0.25) is 4.79 Å². The van der Waals surface area contributed by atoms with Crippen molar-refractivity contribution in [1.82, 2.24) is 0 Å². The van der Waals surface area contributed by atoms with Crippen molar-refractivity contribution in [3.05, 3.63) is 34.1 Å². The van der Waals surface area contributed by atoms with E-state index in [4.69, 9.17) is 0 Å². The van der Waals surface area contributed by atoms with Gasteiger partial charge in [-0.1, -0.05) is 35.7 Å². The van der Waals surface area contributed by atoms with E-state index in [1.165, 1.54) is 18.9 Å². The molecule has 1 fully saturated rings. The molecule has 20 heavy (non-hydrogen) atoms. The fraction of sp³-hybridized carbons (Fsp3) is 0.588. The largest absolute Gasteiger partial charge is 0.299 e. The summed E-state index contributed by atoms with van der Waals surface area (Å²) in [5.74, 6) is 0.867. The zero-order valence-corrected chi connectivity index (χ0v) is 13.6. The first-order chi connectivity index (χ1) is 9.60. The first-order valence-corrected chi connectivity index (χ1v) is 8.36. The Morgan fingerprint density at radius 2 is 2.00 bits per heavy atom. The maximum Gasteiger partial charge on any atom is 0.140 e. The number of Topliss-reactive ketones (excluding diaryl/α,β-unsaturated/α-hetero) is 1. The molecular formula is C17H22BrFO. The Bertz CT molecular complexity index is 464. The fourth-order valence-corrected chi connectivity index (χ4v) is 3.60. The summed E-state index contributed by atoms with van der Waals surface area (Å²) in [5.41, 5.74) is 0.514. The van der Waals surface area contributed by atoms with E-state index in [2.05, 4.69) is 22.9 Å². The molecule has 0 amide bonds. The minimum atomic E-state index is -0.277. The summed E-state index contributed by atoms with van der Waals surface area (Å²) in [6.07, 6.45) is 7.02. The summed E-state index contributed by atoms with van der Waals surface area (Å²) >= 11 is 3.33. The number of carbonyl (C=O) groups excluding carboxylic acids is 1. The van der Waals surface area contributed by atoms with E-state index in [-0.39, 0.29) is 23.9 Å². The van der Waals surface area contributed by atoms with Crippen LogP contribution in [0.2, 0.25) is 0 Å². The summed E-state index contributed by atoms with van der Waals surface area (Å²) in [5, 5.41) is 0. The van der Waals surface area contributed by atoms with E-state index < -0.39 is 0 Å². The van der Waals surface area contributed by atoms with Crippen molar-refractivity contribution in [2.24, 2.45) is 11.8 Å². The first kappa shape index (κ1) is 15.7. The van der Waals surface area contributed by atoms with Gasteiger partial charge in [0.15, 0.2) is 0 Å². The Kier molecular flexibility index (Phi) is 5.76. The number of hydrogen-bond acceptors (Lipinski definition) is 1. The van der Waals surface area contributed by atoms with Crippen LogP contribution >= 0.6 is 15.9 Å². The van der Waals surface area contributed by atoms with Gasteiger partial charge in [0.2, 0.25) is 0 Å². The highest BCUT2D eigenvalue weighted by Gasteiger charge is 2.26. The van der Waals surface area contributed by atoms with Crippen molar-refractivity contribution in [3.8, 4) is 0 Å². The van der Waals surface area contributed by atoms with Gasteiger partial charge in [-0.05, 0) is 55.4 Å². The van der Waals surface area contributed by atoms with Crippen LogP contribution in [-0.4, -0.2) is 5.78 Å².